The highest BCUT2D eigenvalue weighted by Gasteiger charge is 2.23. The molecule has 9 heteroatoms. The van der Waals surface area contributed by atoms with Crippen LogP contribution in [0, 0.1) is 0 Å². The van der Waals surface area contributed by atoms with Crippen molar-refractivity contribution in [2.45, 2.75) is 6.42 Å². The molecule has 0 atom stereocenters. The Balaban J connectivity index is 2.01. The van der Waals surface area contributed by atoms with E-state index in [1.807, 2.05) is 26.2 Å². The largest absolute Gasteiger partial charge is 0.493 e. The molecule has 2 aromatic carbocycles. The Kier molecular flexibility index (Phi) is 7.41. The van der Waals surface area contributed by atoms with E-state index >= 15 is 0 Å². The highest BCUT2D eigenvalue weighted by molar-refractivity contribution is 7.22. The van der Waals surface area contributed by atoms with Gasteiger partial charge >= 0.3 is 0 Å². The first-order valence-electron chi connectivity index (χ1n) is 9.27. The number of rotatable bonds is 8. The lowest BCUT2D eigenvalue weighted by molar-refractivity contribution is 0.0986. The Labute approximate surface area is 189 Å². The molecule has 0 N–H and O–H groups in total. The number of thiazole rings is 1. The molecular formula is C21H23Cl2N3O3S. The predicted molar refractivity (Wildman–Crippen MR) is 124 cm³/mol. The van der Waals surface area contributed by atoms with Gasteiger partial charge in [-0.05, 0) is 45.3 Å². The SMILES string of the molecule is COc1cc2nc(N(CCCN(C)C)C(=O)c3cc(Cl)cc(Cl)c3)sc2cc1OC. The first kappa shape index (κ1) is 22.6. The van der Waals surface area contributed by atoms with Crippen LogP contribution in [0.25, 0.3) is 10.2 Å². The second kappa shape index (κ2) is 9.83. The summed E-state index contributed by atoms with van der Waals surface area (Å²) in [5.41, 5.74) is 1.16. The first-order valence-corrected chi connectivity index (χ1v) is 10.8. The third-order valence-electron chi connectivity index (χ3n) is 4.46. The van der Waals surface area contributed by atoms with Gasteiger partial charge in [-0.2, -0.15) is 0 Å². The van der Waals surface area contributed by atoms with Gasteiger partial charge in [0.05, 0.1) is 24.4 Å². The topological polar surface area (TPSA) is 54.9 Å². The molecule has 3 aromatic rings. The monoisotopic (exact) mass is 467 g/mol. The van der Waals surface area contributed by atoms with Gasteiger partial charge in [0, 0.05) is 34.3 Å². The van der Waals surface area contributed by atoms with Crippen molar-refractivity contribution in [3.63, 3.8) is 0 Å². The molecule has 1 amide bonds. The average Bonchev–Trinajstić information content (AvgIpc) is 3.11. The third-order valence-corrected chi connectivity index (χ3v) is 5.93. The summed E-state index contributed by atoms with van der Waals surface area (Å²) in [5.74, 6) is 1.01. The van der Waals surface area contributed by atoms with Crippen LogP contribution in [0.1, 0.15) is 16.8 Å². The van der Waals surface area contributed by atoms with Gasteiger partial charge in [-0.25, -0.2) is 4.98 Å². The van der Waals surface area contributed by atoms with Crippen LogP contribution < -0.4 is 14.4 Å². The minimum absolute atomic E-state index is 0.198. The Morgan fingerprint density at radius 1 is 1.00 bits per heavy atom. The third kappa shape index (κ3) is 5.16. The van der Waals surface area contributed by atoms with Crippen LogP contribution >= 0.6 is 34.5 Å². The van der Waals surface area contributed by atoms with E-state index < -0.39 is 0 Å². The minimum Gasteiger partial charge on any atom is -0.493 e. The number of aromatic nitrogens is 1. The van der Waals surface area contributed by atoms with Crippen LogP contribution in [-0.4, -0.2) is 57.2 Å². The zero-order valence-electron chi connectivity index (χ0n) is 17.2. The van der Waals surface area contributed by atoms with E-state index in [-0.39, 0.29) is 5.91 Å². The van der Waals surface area contributed by atoms with E-state index in [9.17, 15) is 4.79 Å². The molecule has 0 radical (unpaired) electrons. The number of hydrogen-bond donors (Lipinski definition) is 0. The number of ether oxygens (including phenoxy) is 2. The Morgan fingerprint density at radius 2 is 1.63 bits per heavy atom. The van der Waals surface area contributed by atoms with Gasteiger partial charge < -0.3 is 14.4 Å². The molecule has 0 saturated heterocycles. The number of fused-ring (bicyclic) bond motifs is 1. The average molecular weight is 468 g/mol. The summed E-state index contributed by atoms with van der Waals surface area (Å²) in [5, 5.41) is 1.43. The predicted octanol–water partition coefficient (Wildman–Crippen LogP) is 5.22. The molecule has 0 aliphatic carbocycles. The van der Waals surface area contributed by atoms with Gasteiger partial charge in [-0.3, -0.25) is 9.69 Å². The number of hydrogen-bond acceptors (Lipinski definition) is 6. The molecule has 3 rings (SSSR count). The number of carbonyl (C=O) groups excluding carboxylic acids is 1. The van der Waals surface area contributed by atoms with Crippen LogP contribution in [0.3, 0.4) is 0 Å². The molecule has 0 unspecified atom stereocenters. The van der Waals surface area contributed by atoms with Crippen molar-refractivity contribution in [3.8, 4) is 11.5 Å². The van der Waals surface area contributed by atoms with E-state index in [1.54, 1.807) is 37.3 Å². The summed E-state index contributed by atoms with van der Waals surface area (Å²) in [7, 11) is 7.17. The second-order valence-corrected chi connectivity index (χ2v) is 8.83. The molecule has 0 bridgehead atoms. The fourth-order valence-electron chi connectivity index (χ4n) is 3.02. The van der Waals surface area contributed by atoms with Crippen molar-refractivity contribution in [3.05, 3.63) is 45.9 Å². The Morgan fingerprint density at radius 3 is 2.23 bits per heavy atom. The van der Waals surface area contributed by atoms with Crippen LogP contribution in [0.5, 0.6) is 11.5 Å². The summed E-state index contributed by atoms with van der Waals surface area (Å²) in [6, 6.07) is 8.52. The molecule has 0 aliphatic heterocycles. The van der Waals surface area contributed by atoms with Crippen LogP contribution in [0.2, 0.25) is 10.0 Å². The zero-order valence-corrected chi connectivity index (χ0v) is 19.6. The standard InChI is InChI=1S/C21H23Cl2N3O3S/c1-25(2)6-5-7-26(20(27)13-8-14(22)10-15(23)9-13)21-24-16-11-17(28-3)18(29-4)12-19(16)30-21/h8-12H,5-7H2,1-4H3. The Bertz CT molecular complexity index is 994. The highest BCUT2D eigenvalue weighted by atomic mass is 35.5. The molecule has 30 heavy (non-hydrogen) atoms. The molecule has 6 nitrogen and oxygen atoms in total. The molecule has 0 spiro atoms. The molecule has 1 aromatic heterocycles. The number of benzene rings is 2. The molecule has 160 valence electrons. The molecule has 1 heterocycles. The van der Waals surface area contributed by atoms with Crippen LogP contribution in [0.15, 0.2) is 30.3 Å². The minimum atomic E-state index is -0.198. The lowest BCUT2D eigenvalue weighted by Crippen LogP contribution is -2.33. The van der Waals surface area contributed by atoms with Crippen molar-refractivity contribution >= 4 is 55.8 Å². The number of carbonyl (C=O) groups is 1. The zero-order chi connectivity index (χ0) is 21.8. The fraction of sp³-hybridized carbons (Fsp3) is 0.333. The van der Waals surface area contributed by atoms with E-state index in [0.29, 0.717) is 38.8 Å². The lowest BCUT2D eigenvalue weighted by atomic mass is 10.2. The number of nitrogens with zero attached hydrogens (tertiary/aromatic N) is 3. The maximum absolute atomic E-state index is 13.4. The van der Waals surface area contributed by atoms with Crippen LogP contribution in [-0.2, 0) is 0 Å². The maximum atomic E-state index is 13.4. The van der Waals surface area contributed by atoms with Gasteiger partial charge in [0.1, 0.15) is 0 Å². The van der Waals surface area contributed by atoms with E-state index in [4.69, 9.17) is 37.7 Å². The maximum Gasteiger partial charge on any atom is 0.260 e. The molecule has 0 saturated carbocycles. The van der Waals surface area contributed by atoms with Crippen molar-refractivity contribution < 1.29 is 14.3 Å². The van der Waals surface area contributed by atoms with E-state index in [1.165, 1.54) is 11.3 Å². The fourth-order valence-corrected chi connectivity index (χ4v) is 4.55. The summed E-state index contributed by atoms with van der Waals surface area (Å²) < 4.78 is 11.7. The first-order chi connectivity index (χ1) is 14.3. The lowest BCUT2D eigenvalue weighted by Gasteiger charge is -2.21. The summed E-state index contributed by atoms with van der Waals surface area (Å²) in [6.07, 6.45) is 0.787. The van der Waals surface area contributed by atoms with Gasteiger partial charge in [-0.15, -0.1) is 0 Å². The van der Waals surface area contributed by atoms with Gasteiger partial charge in [0.25, 0.3) is 5.91 Å². The number of methoxy groups -OCH3 is 2. The molecule has 0 fully saturated rings. The van der Waals surface area contributed by atoms with Crippen molar-refractivity contribution in [1.82, 2.24) is 9.88 Å². The van der Waals surface area contributed by atoms with E-state index in [0.717, 1.165) is 23.2 Å². The number of halogens is 2. The summed E-state index contributed by atoms with van der Waals surface area (Å²) in [4.78, 5) is 21.8. The highest BCUT2D eigenvalue weighted by Crippen LogP contribution is 2.37. The number of amides is 1. The second-order valence-electron chi connectivity index (χ2n) is 6.94. The number of anilines is 1. The normalized spacial score (nSPS) is 11.2. The Hall–Kier alpha value is -2.06. The van der Waals surface area contributed by atoms with Crippen LogP contribution in [0.4, 0.5) is 5.13 Å². The smallest absolute Gasteiger partial charge is 0.260 e. The van der Waals surface area contributed by atoms with Gasteiger partial charge in [0.2, 0.25) is 0 Å². The van der Waals surface area contributed by atoms with E-state index in [2.05, 4.69) is 4.90 Å². The van der Waals surface area contributed by atoms with Crippen molar-refractivity contribution in [1.29, 1.82) is 0 Å². The molecular weight excluding hydrogens is 445 g/mol. The molecule has 0 aliphatic rings. The van der Waals surface area contributed by atoms with Crippen molar-refractivity contribution in [2.75, 3.05) is 46.3 Å². The van der Waals surface area contributed by atoms with Gasteiger partial charge in [0.15, 0.2) is 16.6 Å². The van der Waals surface area contributed by atoms with Gasteiger partial charge in [-0.1, -0.05) is 34.5 Å². The van der Waals surface area contributed by atoms with Crippen molar-refractivity contribution in [2.24, 2.45) is 0 Å². The summed E-state index contributed by atoms with van der Waals surface area (Å²) >= 11 is 13.7. The quantitative estimate of drug-likeness (QED) is 0.454. The summed E-state index contributed by atoms with van der Waals surface area (Å²) in [6.45, 7) is 1.35.